The maximum atomic E-state index is 6.22. The molecule has 0 aliphatic heterocycles. The molecule has 0 atom stereocenters. The van der Waals surface area contributed by atoms with E-state index in [1.54, 1.807) is 0 Å². The van der Waals surface area contributed by atoms with Gasteiger partial charge >= 0.3 is 0 Å². The largest absolute Gasteiger partial charge is 0.456 e. The van der Waals surface area contributed by atoms with Crippen molar-refractivity contribution in [2.45, 2.75) is 0 Å². The maximum Gasteiger partial charge on any atom is 0.135 e. The predicted octanol–water partition coefficient (Wildman–Crippen LogP) is 13.5. The van der Waals surface area contributed by atoms with Gasteiger partial charge in [0.05, 0.1) is 11.0 Å². The van der Waals surface area contributed by atoms with Crippen LogP contribution in [0.3, 0.4) is 0 Å². The van der Waals surface area contributed by atoms with Gasteiger partial charge in [-0.3, -0.25) is 0 Å². The van der Waals surface area contributed by atoms with Crippen LogP contribution >= 0.6 is 0 Å². The van der Waals surface area contributed by atoms with Crippen LogP contribution in [0.1, 0.15) is 0 Å². The van der Waals surface area contributed by atoms with Gasteiger partial charge in [-0.05, 0) is 95.1 Å². The first kappa shape index (κ1) is 29.1. The Balaban J connectivity index is 1.13. The van der Waals surface area contributed by atoms with Crippen LogP contribution in [-0.2, 0) is 0 Å². The number of para-hydroxylation sites is 3. The van der Waals surface area contributed by atoms with Crippen LogP contribution in [0.4, 0.5) is 17.1 Å². The van der Waals surface area contributed by atoms with Crippen molar-refractivity contribution in [3.05, 3.63) is 194 Å². The molecule has 2 aromatic heterocycles. The van der Waals surface area contributed by atoms with E-state index in [9.17, 15) is 0 Å². The number of hydrogen-bond donors (Lipinski definition) is 0. The van der Waals surface area contributed by atoms with Crippen molar-refractivity contribution in [3.8, 4) is 27.9 Å². The van der Waals surface area contributed by atoms with Crippen molar-refractivity contribution in [3.63, 3.8) is 0 Å². The van der Waals surface area contributed by atoms with Gasteiger partial charge < -0.3 is 13.9 Å². The Morgan fingerprint density at radius 1 is 0.333 bits per heavy atom. The molecule has 51 heavy (non-hydrogen) atoms. The third-order valence-electron chi connectivity index (χ3n) is 9.98. The predicted molar refractivity (Wildman–Crippen MR) is 214 cm³/mol. The summed E-state index contributed by atoms with van der Waals surface area (Å²) in [4.78, 5) is 2.35. The van der Waals surface area contributed by atoms with E-state index in [2.05, 4.69) is 191 Å². The fourth-order valence-electron chi connectivity index (χ4n) is 7.56. The highest BCUT2D eigenvalue weighted by atomic mass is 16.3. The molecule has 3 heteroatoms. The topological polar surface area (TPSA) is 21.3 Å². The second-order valence-corrected chi connectivity index (χ2v) is 13.0. The molecule has 10 rings (SSSR count). The average Bonchev–Trinajstić information content (AvgIpc) is 3.74. The van der Waals surface area contributed by atoms with Gasteiger partial charge in [0.25, 0.3) is 0 Å². The van der Waals surface area contributed by atoms with Gasteiger partial charge in [0.15, 0.2) is 0 Å². The molecule has 10 aromatic rings. The first-order chi connectivity index (χ1) is 25.3. The zero-order valence-corrected chi connectivity index (χ0v) is 27.8. The van der Waals surface area contributed by atoms with Crippen LogP contribution in [0.15, 0.2) is 199 Å². The van der Waals surface area contributed by atoms with E-state index in [-0.39, 0.29) is 0 Å². The Hall–Kier alpha value is -6.84. The summed E-state index contributed by atoms with van der Waals surface area (Å²) in [6.07, 6.45) is 0. The molecule has 2 heterocycles. The minimum absolute atomic E-state index is 0.884. The summed E-state index contributed by atoms with van der Waals surface area (Å²) in [6.45, 7) is 0. The van der Waals surface area contributed by atoms with Crippen LogP contribution in [0.2, 0.25) is 0 Å². The van der Waals surface area contributed by atoms with Gasteiger partial charge in [0.2, 0.25) is 0 Å². The molecule has 0 bridgehead atoms. The summed E-state index contributed by atoms with van der Waals surface area (Å²) in [6, 6.07) is 69.2. The number of benzene rings is 8. The first-order valence-corrected chi connectivity index (χ1v) is 17.3. The highest BCUT2D eigenvalue weighted by Crippen LogP contribution is 2.41. The Kier molecular flexibility index (Phi) is 6.81. The Bertz CT molecular complexity index is 2850. The average molecular weight is 653 g/mol. The minimum atomic E-state index is 0.884. The lowest BCUT2D eigenvalue weighted by Crippen LogP contribution is -2.10. The third-order valence-corrected chi connectivity index (χ3v) is 9.98. The molecule has 0 amide bonds. The van der Waals surface area contributed by atoms with Gasteiger partial charge in [-0.2, -0.15) is 0 Å². The van der Waals surface area contributed by atoms with Crippen LogP contribution in [0.25, 0.3) is 71.7 Å². The third kappa shape index (κ3) is 4.98. The van der Waals surface area contributed by atoms with Gasteiger partial charge in [-0.15, -0.1) is 0 Å². The normalized spacial score (nSPS) is 11.5. The van der Waals surface area contributed by atoms with Crippen LogP contribution in [-0.4, -0.2) is 4.57 Å². The van der Waals surface area contributed by atoms with Gasteiger partial charge in [0, 0.05) is 44.3 Å². The summed E-state index contributed by atoms with van der Waals surface area (Å²) in [5.41, 5.74) is 13.3. The molecule has 0 saturated heterocycles. The lowest BCUT2D eigenvalue weighted by atomic mass is 10.0. The number of aromatic nitrogens is 1. The number of fused-ring (bicyclic) bond motifs is 6. The van der Waals surface area contributed by atoms with Crippen molar-refractivity contribution in [2.24, 2.45) is 0 Å². The quantitative estimate of drug-likeness (QED) is 0.178. The second kappa shape index (κ2) is 11.9. The van der Waals surface area contributed by atoms with Gasteiger partial charge in [-0.1, -0.05) is 121 Å². The van der Waals surface area contributed by atoms with Crippen LogP contribution in [0.5, 0.6) is 0 Å². The molecule has 0 aliphatic carbocycles. The minimum Gasteiger partial charge on any atom is -0.456 e. The summed E-state index contributed by atoms with van der Waals surface area (Å²) < 4.78 is 8.60. The molecular formula is C48H32N2O. The first-order valence-electron chi connectivity index (χ1n) is 17.3. The zero-order valence-electron chi connectivity index (χ0n) is 27.8. The highest BCUT2D eigenvalue weighted by molar-refractivity contribution is 6.10. The van der Waals surface area contributed by atoms with E-state index in [4.69, 9.17) is 4.42 Å². The Morgan fingerprint density at radius 3 is 1.76 bits per heavy atom. The molecule has 0 spiro atoms. The number of nitrogens with zero attached hydrogens (tertiary/aromatic N) is 2. The molecule has 0 unspecified atom stereocenters. The lowest BCUT2D eigenvalue weighted by Gasteiger charge is -2.26. The van der Waals surface area contributed by atoms with Crippen molar-refractivity contribution in [1.29, 1.82) is 0 Å². The Morgan fingerprint density at radius 2 is 0.922 bits per heavy atom. The summed E-state index contributed by atoms with van der Waals surface area (Å²) in [7, 11) is 0. The maximum absolute atomic E-state index is 6.22. The number of anilines is 3. The van der Waals surface area contributed by atoms with Crippen LogP contribution in [0, 0.1) is 0 Å². The molecule has 0 radical (unpaired) electrons. The van der Waals surface area contributed by atoms with E-state index >= 15 is 0 Å². The number of hydrogen-bond acceptors (Lipinski definition) is 2. The standard InChI is InChI=1S/C48H32N2O/c1-3-12-33(13-4-1)34-22-25-38(26-23-34)49(40-27-29-48-44(32-40)43-19-8-10-21-47(43)51-48)39-17-11-14-35(30-39)36-24-28-42-41-18-7-9-20-45(41)50(46(42)31-36)37-15-5-2-6-16-37/h1-32H. The van der Waals surface area contributed by atoms with E-state index < -0.39 is 0 Å². The molecule has 8 aromatic carbocycles. The highest BCUT2D eigenvalue weighted by Gasteiger charge is 2.18. The van der Waals surface area contributed by atoms with Crippen molar-refractivity contribution < 1.29 is 4.42 Å². The fourth-order valence-corrected chi connectivity index (χ4v) is 7.56. The lowest BCUT2D eigenvalue weighted by molar-refractivity contribution is 0.669. The van der Waals surface area contributed by atoms with E-state index in [1.807, 2.05) is 12.1 Å². The molecule has 240 valence electrons. The van der Waals surface area contributed by atoms with Gasteiger partial charge in [-0.25, -0.2) is 0 Å². The summed E-state index contributed by atoms with van der Waals surface area (Å²) in [5, 5.41) is 4.72. The van der Waals surface area contributed by atoms with E-state index in [1.165, 1.54) is 38.5 Å². The zero-order chi connectivity index (χ0) is 33.7. The molecular weight excluding hydrogens is 621 g/mol. The number of rotatable bonds is 6. The monoisotopic (exact) mass is 652 g/mol. The van der Waals surface area contributed by atoms with Crippen molar-refractivity contribution >= 4 is 60.8 Å². The van der Waals surface area contributed by atoms with Crippen molar-refractivity contribution in [1.82, 2.24) is 4.57 Å². The van der Waals surface area contributed by atoms with E-state index in [0.29, 0.717) is 0 Å². The van der Waals surface area contributed by atoms with Crippen molar-refractivity contribution in [2.75, 3.05) is 4.90 Å². The molecule has 0 saturated carbocycles. The summed E-state index contributed by atoms with van der Waals surface area (Å²) in [5.74, 6) is 0. The molecule has 3 nitrogen and oxygen atoms in total. The Labute approximate surface area is 295 Å². The molecule has 0 N–H and O–H groups in total. The van der Waals surface area contributed by atoms with E-state index in [0.717, 1.165) is 50.3 Å². The SMILES string of the molecule is c1ccc(-c2ccc(N(c3cccc(-c4ccc5c6ccccc6n(-c6ccccc6)c5c4)c3)c3ccc4oc5ccccc5c4c3)cc2)cc1. The molecule has 0 aliphatic rings. The summed E-state index contributed by atoms with van der Waals surface area (Å²) >= 11 is 0. The second-order valence-electron chi connectivity index (χ2n) is 13.0. The van der Waals surface area contributed by atoms with Crippen LogP contribution < -0.4 is 4.90 Å². The smallest absolute Gasteiger partial charge is 0.135 e. The number of furan rings is 1. The molecule has 0 fully saturated rings. The fraction of sp³-hybridized carbons (Fsp3) is 0. The van der Waals surface area contributed by atoms with Gasteiger partial charge in [0.1, 0.15) is 11.2 Å².